The van der Waals surface area contributed by atoms with Crippen molar-refractivity contribution in [2.45, 2.75) is 13.3 Å². The van der Waals surface area contributed by atoms with Crippen LogP contribution >= 0.6 is 11.6 Å². The van der Waals surface area contributed by atoms with Crippen molar-refractivity contribution in [1.29, 1.82) is 0 Å². The molecule has 0 aliphatic carbocycles. The van der Waals surface area contributed by atoms with E-state index in [1.54, 1.807) is 19.1 Å². The van der Waals surface area contributed by atoms with Crippen molar-refractivity contribution >= 4 is 23.5 Å². The molecule has 0 bridgehead atoms. The first-order valence-corrected chi connectivity index (χ1v) is 6.49. The molecule has 1 aromatic carbocycles. The van der Waals surface area contributed by atoms with Gasteiger partial charge in [0.25, 0.3) is 5.91 Å². The molecule has 7 heteroatoms. The number of carbonyl (C=O) groups excluding carboxylic acids is 1. The van der Waals surface area contributed by atoms with E-state index in [1.807, 2.05) is 0 Å². The fourth-order valence-electron chi connectivity index (χ4n) is 1.49. The van der Waals surface area contributed by atoms with Crippen molar-refractivity contribution < 1.29 is 14.4 Å². The molecule has 6 nitrogen and oxygen atoms in total. The maximum absolute atomic E-state index is 12.0. The number of aromatic nitrogens is 2. The number of benzene rings is 1. The minimum atomic E-state index is -0.407. The Morgan fingerprint density at radius 3 is 2.95 bits per heavy atom. The molecule has 0 atom stereocenters. The van der Waals surface area contributed by atoms with Crippen LogP contribution in [0.15, 0.2) is 22.7 Å². The summed E-state index contributed by atoms with van der Waals surface area (Å²) in [7, 11) is 0. The Morgan fingerprint density at radius 1 is 1.52 bits per heavy atom. The number of aliphatic hydroxyl groups is 1. The lowest BCUT2D eigenvalue weighted by Gasteiger charge is -2.02. The molecular formula is C14H12ClN3O3. The Bertz CT molecular complexity index is 716. The van der Waals surface area contributed by atoms with Gasteiger partial charge in [-0.05, 0) is 25.1 Å². The Balaban J connectivity index is 2.12. The highest BCUT2D eigenvalue weighted by molar-refractivity contribution is 6.32. The van der Waals surface area contributed by atoms with Gasteiger partial charge in [0.05, 0.1) is 11.6 Å². The van der Waals surface area contributed by atoms with Gasteiger partial charge in [-0.2, -0.15) is 4.98 Å². The third kappa shape index (κ3) is 4.05. The molecule has 1 heterocycles. The lowest BCUT2D eigenvalue weighted by molar-refractivity contribution is 0.102. The average molecular weight is 306 g/mol. The predicted molar refractivity (Wildman–Crippen MR) is 77.0 cm³/mol. The normalized spacial score (nSPS) is 9.86. The number of hydrogen-bond donors (Lipinski definition) is 2. The van der Waals surface area contributed by atoms with E-state index in [4.69, 9.17) is 21.2 Å². The van der Waals surface area contributed by atoms with Crippen LogP contribution < -0.4 is 5.32 Å². The molecule has 1 amide bonds. The van der Waals surface area contributed by atoms with Gasteiger partial charge in [-0.1, -0.05) is 28.6 Å². The van der Waals surface area contributed by atoms with Gasteiger partial charge < -0.3 is 9.63 Å². The fourth-order valence-corrected chi connectivity index (χ4v) is 1.72. The van der Waals surface area contributed by atoms with Gasteiger partial charge in [-0.3, -0.25) is 10.1 Å². The van der Waals surface area contributed by atoms with Gasteiger partial charge in [-0.15, -0.1) is 0 Å². The van der Waals surface area contributed by atoms with E-state index >= 15 is 0 Å². The highest BCUT2D eigenvalue weighted by atomic mass is 35.5. The molecule has 2 N–H and O–H groups in total. The predicted octanol–water partition coefficient (Wildman–Crippen LogP) is 2.02. The number of aryl methyl sites for hydroxylation is 1. The van der Waals surface area contributed by atoms with Crippen LogP contribution in [-0.2, 0) is 0 Å². The van der Waals surface area contributed by atoms with Crippen LogP contribution in [0.5, 0.6) is 0 Å². The van der Waals surface area contributed by atoms with Crippen molar-refractivity contribution in [1.82, 2.24) is 10.1 Å². The number of aliphatic hydroxyl groups excluding tert-OH is 1. The van der Waals surface area contributed by atoms with Crippen molar-refractivity contribution in [3.05, 3.63) is 40.2 Å². The summed E-state index contributed by atoms with van der Waals surface area (Å²) >= 11 is 6.06. The molecule has 108 valence electrons. The van der Waals surface area contributed by atoms with Crippen molar-refractivity contribution in [2.75, 3.05) is 11.9 Å². The summed E-state index contributed by atoms with van der Waals surface area (Å²) in [6.07, 6.45) is 0.370. The van der Waals surface area contributed by atoms with Crippen molar-refractivity contribution in [3.63, 3.8) is 0 Å². The minimum absolute atomic E-state index is 0.00525. The number of nitrogens with zero attached hydrogens (tertiary/aromatic N) is 2. The highest BCUT2D eigenvalue weighted by Crippen LogP contribution is 2.18. The molecule has 0 fully saturated rings. The first-order chi connectivity index (χ1) is 10.1. The average Bonchev–Trinajstić information content (AvgIpc) is 2.86. The van der Waals surface area contributed by atoms with Crippen molar-refractivity contribution in [3.8, 4) is 11.8 Å². The first-order valence-electron chi connectivity index (χ1n) is 6.11. The van der Waals surface area contributed by atoms with E-state index in [0.29, 0.717) is 28.4 Å². The lowest BCUT2D eigenvalue weighted by Crippen LogP contribution is -2.12. The number of hydrogen-bond acceptors (Lipinski definition) is 5. The third-order valence-corrected chi connectivity index (χ3v) is 2.75. The van der Waals surface area contributed by atoms with Crippen LogP contribution in [0.25, 0.3) is 0 Å². The molecule has 2 aromatic rings. The van der Waals surface area contributed by atoms with Crippen LogP contribution in [0.1, 0.15) is 28.2 Å². The van der Waals surface area contributed by atoms with E-state index < -0.39 is 5.91 Å². The summed E-state index contributed by atoms with van der Waals surface area (Å²) in [6.45, 7) is 1.64. The number of anilines is 1. The summed E-state index contributed by atoms with van der Waals surface area (Å²) in [4.78, 5) is 15.9. The van der Waals surface area contributed by atoms with Gasteiger partial charge in [0, 0.05) is 17.5 Å². The fraction of sp³-hybridized carbons (Fsp3) is 0.214. The molecular weight excluding hydrogens is 294 g/mol. The van der Waals surface area contributed by atoms with E-state index in [0.717, 1.165) is 0 Å². The molecule has 0 spiro atoms. The largest absolute Gasteiger partial charge is 0.395 e. The van der Waals surface area contributed by atoms with Gasteiger partial charge in [0.1, 0.15) is 0 Å². The maximum Gasteiger partial charge on any atom is 0.328 e. The number of amides is 1. The van der Waals surface area contributed by atoms with Crippen LogP contribution in [0.3, 0.4) is 0 Å². The van der Waals surface area contributed by atoms with E-state index in [9.17, 15) is 4.79 Å². The summed E-state index contributed by atoms with van der Waals surface area (Å²) in [5.74, 6) is 5.61. The monoisotopic (exact) mass is 305 g/mol. The molecule has 0 aliphatic rings. The lowest BCUT2D eigenvalue weighted by atomic mass is 10.1. The molecule has 0 aliphatic heterocycles. The van der Waals surface area contributed by atoms with Crippen LogP contribution in [0.4, 0.5) is 6.01 Å². The quantitative estimate of drug-likeness (QED) is 0.847. The second-order valence-electron chi connectivity index (χ2n) is 4.07. The van der Waals surface area contributed by atoms with E-state index in [2.05, 4.69) is 27.3 Å². The Morgan fingerprint density at radius 2 is 2.33 bits per heavy atom. The van der Waals surface area contributed by atoms with Crippen LogP contribution in [0.2, 0.25) is 5.02 Å². The van der Waals surface area contributed by atoms with E-state index in [-0.39, 0.29) is 12.6 Å². The highest BCUT2D eigenvalue weighted by Gasteiger charge is 2.11. The number of halogens is 1. The molecule has 2 rings (SSSR count). The molecule has 0 saturated heterocycles. The van der Waals surface area contributed by atoms with Crippen LogP contribution in [-0.4, -0.2) is 27.8 Å². The maximum atomic E-state index is 12.0. The molecule has 0 unspecified atom stereocenters. The Labute approximate surface area is 126 Å². The Hall–Kier alpha value is -2.36. The second-order valence-corrected chi connectivity index (χ2v) is 4.48. The zero-order chi connectivity index (χ0) is 15.2. The zero-order valence-corrected chi connectivity index (χ0v) is 11.9. The second kappa shape index (κ2) is 6.88. The third-order valence-electron chi connectivity index (χ3n) is 2.44. The smallest absolute Gasteiger partial charge is 0.328 e. The van der Waals surface area contributed by atoms with Gasteiger partial charge in [0.15, 0.2) is 5.82 Å². The molecule has 0 radical (unpaired) electrons. The van der Waals surface area contributed by atoms with Crippen LogP contribution in [0, 0.1) is 18.8 Å². The van der Waals surface area contributed by atoms with Gasteiger partial charge in [0.2, 0.25) is 0 Å². The Kier molecular flexibility index (Phi) is 4.93. The summed E-state index contributed by atoms with van der Waals surface area (Å²) in [5.41, 5.74) is 0.943. The van der Waals surface area contributed by atoms with Crippen molar-refractivity contribution in [2.24, 2.45) is 0 Å². The summed E-state index contributed by atoms with van der Waals surface area (Å²) in [5, 5.41) is 15.1. The minimum Gasteiger partial charge on any atom is -0.395 e. The number of rotatable bonds is 3. The molecule has 0 saturated carbocycles. The SMILES string of the molecule is Cc1noc(NC(=O)c2ccc(C#CCCO)c(Cl)c2)n1. The zero-order valence-electron chi connectivity index (χ0n) is 11.2. The summed E-state index contributed by atoms with van der Waals surface area (Å²) < 4.78 is 4.80. The molecule has 1 aromatic heterocycles. The first kappa shape index (κ1) is 15.0. The number of nitrogens with one attached hydrogen (secondary N) is 1. The van der Waals surface area contributed by atoms with Gasteiger partial charge >= 0.3 is 6.01 Å². The van der Waals surface area contributed by atoms with Gasteiger partial charge in [-0.25, -0.2) is 0 Å². The molecule has 21 heavy (non-hydrogen) atoms. The standard InChI is InChI=1S/C14H12ClN3O3/c1-9-16-14(21-18-9)17-13(20)11-6-5-10(12(15)8-11)4-2-3-7-19/h5-6,8,19H,3,7H2,1H3,(H,16,17,18,20). The topological polar surface area (TPSA) is 88.2 Å². The summed E-state index contributed by atoms with van der Waals surface area (Å²) in [6, 6.07) is 4.76. The number of carbonyl (C=O) groups is 1. The van der Waals surface area contributed by atoms with E-state index in [1.165, 1.54) is 6.07 Å².